The van der Waals surface area contributed by atoms with E-state index in [1.807, 2.05) is 0 Å². The number of carbonyl (C=O) groups is 2. The lowest BCUT2D eigenvalue weighted by molar-refractivity contribution is -0.137. The minimum atomic E-state index is -4.85. The number of halogens is 4. The summed E-state index contributed by atoms with van der Waals surface area (Å²) in [5.74, 6) is -2.22. The van der Waals surface area contributed by atoms with E-state index in [1.54, 1.807) is 42.5 Å². The highest BCUT2D eigenvalue weighted by Crippen LogP contribution is 2.37. The predicted molar refractivity (Wildman–Crippen MR) is 138 cm³/mol. The molecule has 0 radical (unpaired) electrons. The molecule has 0 saturated carbocycles. The van der Waals surface area contributed by atoms with Gasteiger partial charge in [0.1, 0.15) is 5.69 Å². The quantitative estimate of drug-likeness (QED) is 0.255. The molecule has 4 aromatic carbocycles. The van der Waals surface area contributed by atoms with Gasteiger partial charge in [-0.05, 0) is 59.7 Å². The lowest BCUT2D eigenvalue weighted by Gasteiger charge is -2.13. The van der Waals surface area contributed by atoms with Gasteiger partial charge in [0.2, 0.25) is 0 Å². The van der Waals surface area contributed by atoms with Crippen LogP contribution in [-0.4, -0.2) is 26.8 Å². The zero-order valence-corrected chi connectivity index (χ0v) is 20.5. The van der Waals surface area contributed by atoms with Crippen LogP contribution < -0.4 is 0 Å². The first-order chi connectivity index (χ1) is 18.6. The fourth-order valence-corrected chi connectivity index (χ4v) is 4.54. The van der Waals surface area contributed by atoms with Crippen molar-refractivity contribution < 1.29 is 27.9 Å². The summed E-state index contributed by atoms with van der Waals surface area (Å²) in [5, 5.41) is 22.9. The van der Waals surface area contributed by atoms with Crippen molar-refractivity contribution in [2.24, 2.45) is 0 Å². The van der Waals surface area contributed by atoms with Crippen molar-refractivity contribution in [3.8, 4) is 28.5 Å². The van der Waals surface area contributed by atoms with Gasteiger partial charge in [0.25, 0.3) is 5.91 Å². The molecular weight excluding hydrogens is 531 g/mol. The minimum Gasteiger partial charge on any atom is -0.478 e. The first-order valence-corrected chi connectivity index (χ1v) is 11.7. The van der Waals surface area contributed by atoms with Crippen molar-refractivity contribution in [2.75, 3.05) is 0 Å². The summed E-state index contributed by atoms with van der Waals surface area (Å²) in [5.41, 5.74) is 0.638. The molecule has 1 aromatic heterocycles. The monoisotopic (exact) mass is 545 g/mol. The summed E-state index contributed by atoms with van der Waals surface area (Å²) in [6.07, 6.45) is -4.85. The summed E-state index contributed by atoms with van der Waals surface area (Å²) < 4.78 is 42.4. The van der Waals surface area contributed by atoms with Crippen LogP contribution >= 0.6 is 11.6 Å². The van der Waals surface area contributed by atoms with E-state index in [9.17, 15) is 33.1 Å². The number of carboxylic acids is 1. The second-order valence-corrected chi connectivity index (χ2v) is 8.94. The molecule has 39 heavy (non-hydrogen) atoms. The van der Waals surface area contributed by atoms with E-state index in [0.717, 1.165) is 16.8 Å². The Morgan fingerprint density at radius 1 is 0.897 bits per heavy atom. The molecule has 0 aliphatic rings. The first kappa shape index (κ1) is 25.7. The minimum absolute atomic E-state index is 0.0316. The van der Waals surface area contributed by atoms with E-state index in [-0.39, 0.29) is 21.8 Å². The van der Waals surface area contributed by atoms with Crippen LogP contribution in [0.4, 0.5) is 13.2 Å². The lowest BCUT2D eigenvalue weighted by atomic mass is 10.00. The molecule has 0 aliphatic carbocycles. The molecule has 1 N–H and O–H groups in total. The van der Waals surface area contributed by atoms with Crippen LogP contribution in [0.2, 0.25) is 5.02 Å². The normalized spacial score (nSPS) is 11.4. The average Bonchev–Trinajstić information content (AvgIpc) is 3.31. The average molecular weight is 546 g/mol. The highest BCUT2D eigenvalue weighted by Gasteiger charge is 2.37. The molecular formula is C29H15ClF3N3O3. The van der Waals surface area contributed by atoms with Crippen molar-refractivity contribution in [2.45, 2.75) is 6.18 Å². The van der Waals surface area contributed by atoms with Gasteiger partial charge in [-0.15, -0.1) is 0 Å². The second-order valence-electron chi connectivity index (χ2n) is 8.53. The van der Waals surface area contributed by atoms with Gasteiger partial charge in [0, 0.05) is 10.9 Å². The Kier molecular flexibility index (Phi) is 6.42. The molecule has 0 aliphatic heterocycles. The standard InChI is InChI=1S/C29H15ClF3N3O3/c30-23-6-2-5-22(29(31,32)33)25(23)27(37)36-24-14-20(19-4-1-3-16(13-19)15-34)11-12-21(24)26(35-36)17-7-9-18(10-8-17)28(38)39/h1-14H,(H,38,39). The zero-order chi connectivity index (χ0) is 27.9. The maximum absolute atomic E-state index is 13.8. The first-order valence-electron chi connectivity index (χ1n) is 11.4. The molecule has 0 atom stereocenters. The largest absolute Gasteiger partial charge is 0.478 e. The van der Waals surface area contributed by atoms with Gasteiger partial charge < -0.3 is 5.11 Å². The summed E-state index contributed by atoms with van der Waals surface area (Å²) in [4.78, 5) is 25.0. The summed E-state index contributed by atoms with van der Waals surface area (Å²) in [6.45, 7) is 0. The number of aromatic carboxylic acids is 1. The number of nitriles is 1. The molecule has 6 nitrogen and oxygen atoms in total. The Balaban J connectivity index is 1.76. The summed E-state index contributed by atoms with van der Waals surface area (Å²) in [7, 11) is 0. The van der Waals surface area contributed by atoms with E-state index >= 15 is 0 Å². The maximum Gasteiger partial charge on any atom is 0.417 e. The third kappa shape index (κ3) is 4.74. The molecule has 0 fully saturated rings. The van der Waals surface area contributed by atoms with Gasteiger partial charge in [-0.25, -0.2) is 4.79 Å². The van der Waals surface area contributed by atoms with E-state index in [1.165, 1.54) is 30.3 Å². The molecule has 5 aromatic rings. The molecule has 192 valence electrons. The van der Waals surface area contributed by atoms with Crippen LogP contribution in [0.3, 0.4) is 0 Å². The second kappa shape index (κ2) is 9.74. The number of hydrogen-bond donors (Lipinski definition) is 1. The number of carbonyl (C=O) groups excluding carboxylic acids is 1. The number of carboxylic acid groups (broad SMARTS) is 1. The van der Waals surface area contributed by atoms with Crippen molar-refractivity contribution in [3.63, 3.8) is 0 Å². The van der Waals surface area contributed by atoms with E-state index < -0.39 is 29.2 Å². The Morgan fingerprint density at radius 3 is 2.23 bits per heavy atom. The van der Waals surface area contributed by atoms with Crippen molar-refractivity contribution in [3.05, 3.63) is 112 Å². The van der Waals surface area contributed by atoms with Gasteiger partial charge in [-0.3, -0.25) is 4.79 Å². The van der Waals surface area contributed by atoms with Crippen LogP contribution in [0.1, 0.15) is 31.8 Å². The summed E-state index contributed by atoms with van der Waals surface area (Å²) in [6, 6.07) is 22.6. The number of aromatic nitrogens is 2. The van der Waals surface area contributed by atoms with Crippen molar-refractivity contribution in [1.29, 1.82) is 5.26 Å². The van der Waals surface area contributed by atoms with Crippen LogP contribution in [-0.2, 0) is 6.18 Å². The third-order valence-electron chi connectivity index (χ3n) is 6.14. The van der Waals surface area contributed by atoms with Crippen LogP contribution in [0, 0.1) is 11.3 Å². The zero-order valence-electron chi connectivity index (χ0n) is 19.7. The number of fused-ring (bicyclic) bond motifs is 1. The molecule has 5 rings (SSSR count). The smallest absolute Gasteiger partial charge is 0.417 e. The lowest BCUT2D eigenvalue weighted by Crippen LogP contribution is -2.20. The van der Waals surface area contributed by atoms with Gasteiger partial charge in [-0.2, -0.15) is 28.2 Å². The number of rotatable bonds is 4. The number of nitrogens with zero attached hydrogens (tertiary/aromatic N) is 3. The molecule has 0 unspecified atom stereocenters. The molecule has 0 amide bonds. The molecule has 0 saturated heterocycles. The Morgan fingerprint density at radius 2 is 1.56 bits per heavy atom. The topological polar surface area (TPSA) is 96.0 Å². The number of alkyl halides is 3. The van der Waals surface area contributed by atoms with Crippen molar-refractivity contribution >= 4 is 34.4 Å². The predicted octanol–water partition coefficient (Wildman–Crippen LogP) is 7.30. The third-order valence-corrected chi connectivity index (χ3v) is 6.45. The van der Waals surface area contributed by atoms with Gasteiger partial charge in [0.15, 0.2) is 0 Å². The van der Waals surface area contributed by atoms with Crippen molar-refractivity contribution in [1.82, 2.24) is 9.78 Å². The van der Waals surface area contributed by atoms with E-state index in [2.05, 4.69) is 11.2 Å². The van der Waals surface area contributed by atoms with Gasteiger partial charge in [-0.1, -0.05) is 48.0 Å². The molecule has 0 bridgehead atoms. The Labute approximate surface area is 224 Å². The number of hydrogen-bond acceptors (Lipinski definition) is 4. The fraction of sp³-hybridized carbons (Fsp3) is 0.0345. The molecule has 0 spiro atoms. The van der Waals surface area contributed by atoms with Crippen LogP contribution in [0.5, 0.6) is 0 Å². The Hall–Kier alpha value is -4.94. The van der Waals surface area contributed by atoms with E-state index in [4.69, 9.17) is 11.6 Å². The van der Waals surface area contributed by atoms with Crippen LogP contribution in [0.15, 0.2) is 84.9 Å². The summed E-state index contributed by atoms with van der Waals surface area (Å²) >= 11 is 6.11. The fourth-order valence-electron chi connectivity index (χ4n) is 4.29. The van der Waals surface area contributed by atoms with E-state index in [0.29, 0.717) is 27.6 Å². The highest BCUT2D eigenvalue weighted by atomic mass is 35.5. The maximum atomic E-state index is 13.8. The van der Waals surface area contributed by atoms with Gasteiger partial charge in [0.05, 0.1) is 38.9 Å². The molecule has 1 heterocycles. The molecule has 10 heteroatoms. The van der Waals surface area contributed by atoms with Crippen LogP contribution in [0.25, 0.3) is 33.3 Å². The highest BCUT2D eigenvalue weighted by molar-refractivity contribution is 6.34. The Bertz CT molecular complexity index is 1820. The number of benzene rings is 4. The van der Waals surface area contributed by atoms with Gasteiger partial charge >= 0.3 is 12.1 Å². The SMILES string of the molecule is N#Cc1cccc(-c2ccc3c(-c4ccc(C(=O)O)cc4)nn(C(=O)c4c(Cl)cccc4C(F)(F)F)c3c2)c1.